The highest BCUT2D eigenvalue weighted by Crippen LogP contribution is 2.24. The predicted octanol–water partition coefficient (Wildman–Crippen LogP) is 1.76. The first-order valence-corrected chi connectivity index (χ1v) is 4.07. The van der Waals surface area contributed by atoms with Gasteiger partial charge < -0.3 is 9.88 Å². The number of aromatic nitrogens is 1. The van der Waals surface area contributed by atoms with Crippen molar-refractivity contribution in [2.24, 2.45) is 0 Å². The van der Waals surface area contributed by atoms with E-state index in [0.717, 1.165) is 23.0 Å². The summed E-state index contributed by atoms with van der Waals surface area (Å²) in [6.45, 7) is 0. The van der Waals surface area contributed by atoms with Crippen LogP contribution in [0.4, 0.5) is 5.69 Å². The molecule has 0 atom stereocenters. The van der Waals surface area contributed by atoms with Crippen molar-refractivity contribution >= 4 is 23.0 Å². The quantitative estimate of drug-likeness (QED) is 0.692. The van der Waals surface area contributed by atoms with Crippen LogP contribution in [0.25, 0.3) is 10.9 Å². The van der Waals surface area contributed by atoms with E-state index >= 15 is 0 Å². The second kappa shape index (κ2) is 2.94. The molecular weight excluding hydrogens is 164 g/mol. The van der Waals surface area contributed by atoms with Gasteiger partial charge in [-0.15, -0.1) is 0 Å². The second-order valence-corrected chi connectivity index (χ2v) is 2.94. The Bertz CT molecular complexity index is 433. The molecule has 1 amide bonds. The first-order valence-electron chi connectivity index (χ1n) is 4.07. The van der Waals surface area contributed by atoms with Gasteiger partial charge in [-0.25, -0.2) is 0 Å². The van der Waals surface area contributed by atoms with E-state index in [4.69, 9.17) is 0 Å². The molecule has 1 aromatic heterocycles. The van der Waals surface area contributed by atoms with Crippen LogP contribution in [0.1, 0.15) is 0 Å². The summed E-state index contributed by atoms with van der Waals surface area (Å²) in [5.41, 5.74) is 1.96. The Morgan fingerprint density at radius 1 is 1.38 bits per heavy atom. The minimum absolute atomic E-state index is 0.801. The number of amides is 1. The van der Waals surface area contributed by atoms with Crippen molar-refractivity contribution in [3.05, 3.63) is 30.5 Å². The summed E-state index contributed by atoms with van der Waals surface area (Å²) >= 11 is 0. The maximum absolute atomic E-state index is 10.6. The van der Waals surface area contributed by atoms with E-state index in [1.807, 2.05) is 30.5 Å². The van der Waals surface area contributed by atoms with Gasteiger partial charge in [0.05, 0.1) is 5.69 Å². The average molecular weight is 174 g/mol. The number of aromatic amines is 1. The summed E-state index contributed by atoms with van der Waals surface area (Å²) in [6, 6.07) is 7.89. The first kappa shape index (κ1) is 7.86. The van der Waals surface area contributed by atoms with Gasteiger partial charge in [0, 0.05) is 24.1 Å². The number of fused-ring (bicyclic) bond motifs is 1. The lowest BCUT2D eigenvalue weighted by Gasteiger charge is -2.07. The fourth-order valence-corrected chi connectivity index (χ4v) is 1.40. The number of rotatable bonds is 2. The van der Waals surface area contributed by atoms with E-state index in [1.165, 1.54) is 0 Å². The van der Waals surface area contributed by atoms with Gasteiger partial charge in [0.25, 0.3) is 0 Å². The van der Waals surface area contributed by atoms with Crippen LogP contribution in [0, 0.1) is 0 Å². The highest BCUT2D eigenvalue weighted by Gasteiger charge is 2.05. The summed E-state index contributed by atoms with van der Waals surface area (Å²) in [5.74, 6) is 0. The maximum Gasteiger partial charge on any atom is 0.213 e. The van der Waals surface area contributed by atoms with Crippen LogP contribution >= 0.6 is 0 Å². The topological polar surface area (TPSA) is 36.1 Å². The predicted molar refractivity (Wildman–Crippen MR) is 52.8 cm³/mol. The number of anilines is 1. The van der Waals surface area contributed by atoms with Crippen LogP contribution in [-0.4, -0.2) is 18.4 Å². The molecule has 0 radical (unpaired) electrons. The zero-order chi connectivity index (χ0) is 9.26. The third-order valence-electron chi connectivity index (χ3n) is 2.11. The van der Waals surface area contributed by atoms with Crippen LogP contribution in [-0.2, 0) is 4.79 Å². The Kier molecular flexibility index (Phi) is 1.77. The van der Waals surface area contributed by atoms with Crippen LogP contribution < -0.4 is 4.90 Å². The van der Waals surface area contributed by atoms with Crippen molar-refractivity contribution in [2.45, 2.75) is 0 Å². The summed E-state index contributed by atoms with van der Waals surface area (Å²) in [5, 5.41) is 1.07. The van der Waals surface area contributed by atoms with E-state index in [-0.39, 0.29) is 0 Å². The SMILES string of the molecule is CN(C=O)c1c[nH]c2ccccc12. The van der Waals surface area contributed by atoms with Crippen molar-refractivity contribution in [3.63, 3.8) is 0 Å². The Labute approximate surface area is 76.0 Å². The normalized spacial score (nSPS) is 10.2. The Morgan fingerprint density at radius 2 is 2.15 bits per heavy atom. The van der Waals surface area contributed by atoms with Crippen molar-refractivity contribution in [1.29, 1.82) is 0 Å². The fraction of sp³-hybridized carbons (Fsp3) is 0.100. The third kappa shape index (κ3) is 1.18. The minimum Gasteiger partial charge on any atom is -0.359 e. The largest absolute Gasteiger partial charge is 0.359 e. The fourth-order valence-electron chi connectivity index (χ4n) is 1.40. The molecule has 0 saturated heterocycles. The molecule has 0 spiro atoms. The van der Waals surface area contributed by atoms with Gasteiger partial charge in [0.1, 0.15) is 0 Å². The molecule has 0 fully saturated rings. The summed E-state index contributed by atoms with van der Waals surface area (Å²) in [4.78, 5) is 15.2. The van der Waals surface area contributed by atoms with Gasteiger partial charge in [-0.05, 0) is 6.07 Å². The van der Waals surface area contributed by atoms with E-state index in [9.17, 15) is 4.79 Å². The number of H-pyrrole nitrogens is 1. The van der Waals surface area contributed by atoms with Gasteiger partial charge in [-0.1, -0.05) is 18.2 Å². The van der Waals surface area contributed by atoms with Gasteiger partial charge in [0.2, 0.25) is 6.41 Å². The molecule has 3 nitrogen and oxygen atoms in total. The number of carbonyl (C=O) groups excluding carboxylic acids is 1. The number of benzene rings is 1. The molecule has 2 aromatic rings. The zero-order valence-corrected chi connectivity index (χ0v) is 7.32. The molecule has 3 heteroatoms. The summed E-state index contributed by atoms with van der Waals surface area (Å²) in [7, 11) is 1.74. The zero-order valence-electron chi connectivity index (χ0n) is 7.32. The molecule has 0 aliphatic heterocycles. The minimum atomic E-state index is 0.801. The molecule has 13 heavy (non-hydrogen) atoms. The van der Waals surface area contributed by atoms with Crippen molar-refractivity contribution in [2.75, 3.05) is 11.9 Å². The number of nitrogens with zero attached hydrogens (tertiary/aromatic N) is 1. The molecule has 1 heterocycles. The van der Waals surface area contributed by atoms with Crippen molar-refractivity contribution in [1.82, 2.24) is 4.98 Å². The number of hydrogen-bond acceptors (Lipinski definition) is 1. The monoisotopic (exact) mass is 174 g/mol. The number of hydrogen-bond donors (Lipinski definition) is 1. The number of nitrogens with one attached hydrogen (secondary N) is 1. The molecular formula is C10H10N2O. The molecule has 0 unspecified atom stereocenters. The smallest absolute Gasteiger partial charge is 0.213 e. The van der Waals surface area contributed by atoms with Gasteiger partial charge >= 0.3 is 0 Å². The third-order valence-corrected chi connectivity index (χ3v) is 2.11. The van der Waals surface area contributed by atoms with E-state index < -0.39 is 0 Å². The van der Waals surface area contributed by atoms with Gasteiger partial charge in [-0.3, -0.25) is 4.79 Å². The standard InChI is InChI=1S/C10H10N2O/c1-12(7-13)10-6-11-9-5-3-2-4-8(9)10/h2-7,11H,1H3. The van der Waals surface area contributed by atoms with Crippen molar-refractivity contribution in [3.8, 4) is 0 Å². The Balaban J connectivity index is 2.64. The molecule has 66 valence electrons. The summed E-state index contributed by atoms with van der Waals surface area (Å²) in [6.07, 6.45) is 2.63. The lowest BCUT2D eigenvalue weighted by Crippen LogP contribution is -2.12. The van der Waals surface area contributed by atoms with Crippen LogP contribution in [0.2, 0.25) is 0 Å². The number of carbonyl (C=O) groups is 1. The van der Waals surface area contributed by atoms with Gasteiger partial charge in [0.15, 0.2) is 0 Å². The van der Waals surface area contributed by atoms with Gasteiger partial charge in [-0.2, -0.15) is 0 Å². The average Bonchev–Trinajstić information content (AvgIpc) is 2.60. The summed E-state index contributed by atoms with van der Waals surface area (Å²) < 4.78 is 0. The molecule has 0 aliphatic rings. The second-order valence-electron chi connectivity index (χ2n) is 2.94. The lowest BCUT2D eigenvalue weighted by atomic mass is 10.2. The highest BCUT2D eigenvalue weighted by molar-refractivity contribution is 5.97. The number of para-hydroxylation sites is 1. The highest BCUT2D eigenvalue weighted by atomic mass is 16.1. The lowest BCUT2D eigenvalue weighted by molar-refractivity contribution is -0.107. The maximum atomic E-state index is 10.6. The Morgan fingerprint density at radius 3 is 2.92 bits per heavy atom. The first-order chi connectivity index (χ1) is 6.33. The van der Waals surface area contributed by atoms with E-state index in [2.05, 4.69) is 4.98 Å². The Hall–Kier alpha value is -1.77. The van der Waals surface area contributed by atoms with Crippen LogP contribution in [0.3, 0.4) is 0 Å². The van der Waals surface area contributed by atoms with E-state index in [1.54, 1.807) is 11.9 Å². The van der Waals surface area contributed by atoms with Crippen LogP contribution in [0.15, 0.2) is 30.5 Å². The molecule has 1 N–H and O–H groups in total. The van der Waals surface area contributed by atoms with Crippen LogP contribution in [0.5, 0.6) is 0 Å². The van der Waals surface area contributed by atoms with Crippen molar-refractivity contribution < 1.29 is 4.79 Å². The molecule has 0 bridgehead atoms. The molecule has 0 saturated carbocycles. The molecule has 1 aromatic carbocycles. The molecule has 0 aliphatic carbocycles. The van der Waals surface area contributed by atoms with E-state index in [0.29, 0.717) is 0 Å². The molecule has 2 rings (SSSR count).